The second-order valence-electron chi connectivity index (χ2n) is 19.6. The van der Waals surface area contributed by atoms with Crippen molar-refractivity contribution >= 4 is 82.0 Å². The van der Waals surface area contributed by atoms with Gasteiger partial charge in [0.2, 0.25) is 17.8 Å². The molecule has 0 bridgehead atoms. The third-order valence-corrected chi connectivity index (χ3v) is 10.7. The summed E-state index contributed by atoms with van der Waals surface area (Å²) in [6, 6.07) is 18.2. The van der Waals surface area contributed by atoms with Crippen molar-refractivity contribution in [3.8, 4) is 0 Å². The molecule has 27 heteroatoms. The molecule has 0 radical (unpaired) electrons. The third kappa shape index (κ3) is 21.0. The van der Waals surface area contributed by atoms with Gasteiger partial charge in [0.05, 0.1) is 12.7 Å². The molecule has 0 spiro atoms. The van der Waals surface area contributed by atoms with Gasteiger partial charge < -0.3 is 48.1 Å². The number of aromatic amines is 1. The highest BCUT2D eigenvalue weighted by Gasteiger charge is 2.24. The number of esters is 2. The highest BCUT2D eigenvalue weighted by molar-refractivity contribution is 5.94. The molecule has 4 amide bonds. The quantitative estimate of drug-likeness (QED) is 0.0292. The van der Waals surface area contributed by atoms with Gasteiger partial charge in [0, 0.05) is 25.9 Å². The molecule has 5 N–H and O–H groups in total. The van der Waals surface area contributed by atoms with Crippen LogP contribution in [0.15, 0.2) is 84.4 Å². The van der Waals surface area contributed by atoms with Crippen LogP contribution in [0.5, 0.6) is 0 Å². The largest absolute Gasteiger partial charge is 0.480 e. The van der Waals surface area contributed by atoms with Crippen LogP contribution in [-0.2, 0) is 74.0 Å². The molecule has 4 heterocycles. The molecular formula is C52H64N12O15. The lowest BCUT2D eigenvalue weighted by Crippen LogP contribution is -2.38. The average molecular weight is 1100 g/mol. The van der Waals surface area contributed by atoms with Crippen molar-refractivity contribution in [1.29, 1.82) is 0 Å². The number of aromatic nitrogens is 8. The Morgan fingerprint density at radius 2 is 1.05 bits per heavy atom. The molecule has 0 unspecified atom stereocenters. The van der Waals surface area contributed by atoms with Gasteiger partial charge in [-0.15, -0.1) is 0 Å². The van der Waals surface area contributed by atoms with Gasteiger partial charge >= 0.3 is 36.1 Å². The SMILES string of the molecule is CC(C)(C)OC(=O)CCCCN(CC(=O)O)C(=O)Cn1cnc2c(=O)[nH]c(NC(=O)OCc3ccccc3)nc21.CC(C)(C)OC(=O)CCCCN(CC(=O)O)C(=O)Cn1cnc2c(NC(=O)OCc3ccccc3)ncnc21. The maximum Gasteiger partial charge on any atom is 0.414 e. The van der Waals surface area contributed by atoms with Crippen molar-refractivity contribution in [2.24, 2.45) is 0 Å². The number of fused-ring (bicyclic) bond motifs is 2. The summed E-state index contributed by atoms with van der Waals surface area (Å²) in [7, 11) is 0. The number of benzene rings is 2. The lowest BCUT2D eigenvalue weighted by atomic mass is 10.2. The minimum absolute atomic E-state index is 0.00275. The van der Waals surface area contributed by atoms with Crippen molar-refractivity contribution in [2.45, 2.75) is 118 Å². The number of H-pyrrole nitrogens is 1. The zero-order valence-electron chi connectivity index (χ0n) is 44.6. The van der Waals surface area contributed by atoms with E-state index in [-0.39, 0.29) is 98.3 Å². The number of hydrogen-bond acceptors (Lipinski definition) is 18. The predicted molar refractivity (Wildman–Crippen MR) is 282 cm³/mol. The lowest BCUT2D eigenvalue weighted by molar-refractivity contribution is -0.156. The Kier molecular flexibility index (Phi) is 22.0. The predicted octanol–water partition coefficient (Wildman–Crippen LogP) is 5.29. The van der Waals surface area contributed by atoms with Crippen LogP contribution in [0.2, 0.25) is 0 Å². The molecule has 0 fully saturated rings. The van der Waals surface area contributed by atoms with Gasteiger partial charge in [-0.05, 0) is 78.4 Å². The number of imidazole rings is 2. The van der Waals surface area contributed by atoms with Gasteiger partial charge in [-0.2, -0.15) is 4.98 Å². The highest BCUT2D eigenvalue weighted by Crippen LogP contribution is 2.19. The van der Waals surface area contributed by atoms with Crippen molar-refractivity contribution in [2.75, 3.05) is 36.8 Å². The number of rotatable bonds is 24. The number of unbranched alkanes of at least 4 members (excludes halogenated alkanes) is 2. The van der Waals surface area contributed by atoms with E-state index in [1.54, 1.807) is 65.8 Å². The smallest absolute Gasteiger partial charge is 0.414 e. The Balaban J connectivity index is 0.000000291. The summed E-state index contributed by atoms with van der Waals surface area (Å²) >= 11 is 0. The van der Waals surface area contributed by atoms with E-state index in [1.165, 1.54) is 33.0 Å². The van der Waals surface area contributed by atoms with Crippen LogP contribution in [0.1, 0.15) is 91.2 Å². The van der Waals surface area contributed by atoms with E-state index in [1.807, 2.05) is 36.4 Å². The van der Waals surface area contributed by atoms with Crippen LogP contribution >= 0.6 is 0 Å². The third-order valence-electron chi connectivity index (χ3n) is 10.7. The molecule has 6 rings (SSSR count). The first kappa shape index (κ1) is 60.6. The summed E-state index contributed by atoms with van der Waals surface area (Å²) in [6.45, 7) is 9.30. The summed E-state index contributed by atoms with van der Waals surface area (Å²) in [4.78, 5) is 135. The molecule has 2 aromatic carbocycles. The molecule has 0 atom stereocenters. The molecule has 0 aliphatic rings. The van der Waals surface area contributed by atoms with Crippen LogP contribution < -0.4 is 16.2 Å². The summed E-state index contributed by atoms with van der Waals surface area (Å²) < 4.78 is 23.6. The number of ether oxygens (including phenoxy) is 4. The van der Waals surface area contributed by atoms with Gasteiger partial charge in [-0.25, -0.2) is 29.5 Å². The van der Waals surface area contributed by atoms with E-state index in [0.29, 0.717) is 25.7 Å². The van der Waals surface area contributed by atoms with Gasteiger partial charge in [-0.1, -0.05) is 60.7 Å². The van der Waals surface area contributed by atoms with E-state index in [9.17, 15) is 53.4 Å². The number of hydrogen-bond donors (Lipinski definition) is 5. The number of aliphatic carboxylic acids is 2. The van der Waals surface area contributed by atoms with Gasteiger partial charge in [-0.3, -0.25) is 49.2 Å². The number of carbonyl (C=O) groups excluding carboxylic acids is 6. The van der Waals surface area contributed by atoms with E-state index in [4.69, 9.17) is 18.9 Å². The van der Waals surface area contributed by atoms with Gasteiger partial charge in [0.15, 0.2) is 28.1 Å². The topological polar surface area (TPSA) is 352 Å². The molecule has 79 heavy (non-hydrogen) atoms. The first-order valence-corrected chi connectivity index (χ1v) is 24.9. The molecule has 27 nitrogen and oxygen atoms in total. The summed E-state index contributed by atoms with van der Waals surface area (Å²) in [5, 5.41) is 23.4. The Morgan fingerprint density at radius 1 is 0.595 bits per heavy atom. The summed E-state index contributed by atoms with van der Waals surface area (Å²) in [6.07, 6.45) is 4.15. The second-order valence-corrected chi connectivity index (χ2v) is 19.6. The summed E-state index contributed by atoms with van der Waals surface area (Å²) in [5.74, 6) is -4.22. The number of carboxylic acids is 2. The van der Waals surface area contributed by atoms with Crippen LogP contribution in [0, 0.1) is 0 Å². The maximum absolute atomic E-state index is 13.0. The zero-order valence-corrected chi connectivity index (χ0v) is 44.6. The molecule has 422 valence electrons. The fourth-order valence-corrected chi connectivity index (χ4v) is 7.26. The van der Waals surface area contributed by atoms with E-state index >= 15 is 0 Å². The molecule has 0 saturated heterocycles. The molecule has 0 saturated carbocycles. The number of carboxylic acid groups (broad SMARTS) is 2. The van der Waals surface area contributed by atoms with Crippen LogP contribution in [0.3, 0.4) is 0 Å². The first-order chi connectivity index (χ1) is 37.4. The average Bonchev–Trinajstić information content (AvgIpc) is 4.04. The minimum Gasteiger partial charge on any atom is -0.480 e. The van der Waals surface area contributed by atoms with Crippen LogP contribution in [0.25, 0.3) is 22.3 Å². The molecule has 4 aromatic heterocycles. The highest BCUT2D eigenvalue weighted by atomic mass is 16.6. The fraction of sp³-hybridized carbons (Fsp3) is 0.423. The van der Waals surface area contributed by atoms with Crippen LogP contribution in [-0.4, -0.2) is 144 Å². The number of nitrogens with zero attached hydrogens (tertiary/aromatic N) is 9. The van der Waals surface area contributed by atoms with Crippen LogP contribution in [0.4, 0.5) is 21.4 Å². The van der Waals surface area contributed by atoms with Crippen molar-refractivity contribution in [3.63, 3.8) is 0 Å². The van der Waals surface area contributed by atoms with Crippen molar-refractivity contribution < 1.29 is 67.5 Å². The van der Waals surface area contributed by atoms with E-state index < -0.39 is 65.8 Å². The monoisotopic (exact) mass is 1100 g/mol. The number of nitrogens with one attached hydrogen (secondary N) is 3. The standard InChI is InChI=1S/C26H32N6O8.C26H32N6O7/c1-26(2,3)40-20(36)11-7-8-12-31(14-19(34)35)18(33)13-32-16-27-21-22(32)28-24(29-23(21)37)30-25(38)39-15-17-9-5-4-6-10-17;1-26(2,3)39-21(36)11-7-8-12-31(14-20(34)35)19(33)13-32-17-29-22-23(27-16-28-24(22)32)30-25(37)38-15-18-9-5-4-6-10-18/h4-6,9-10,16H,7-8,11-15H2,1-3H3,(H,34,35)(H2,28,29,30,37,38);4-6,9-10,16-17H,7-8,11-15H2,1-3H3,(H,34,35)(H,27,28,30,37). The first-order valence-electron chi connectivity index (χ1n) is 24.9. The number of anilines is 2. The van der Waals surface area contributed by atoms with E-state index in [0.717, 1.165) is 16.0 Å². The zero-order chi connectivity index (χ0) is 57.7. The Labute approximate surface area is 452 Å². The maximum atomic E-state index is 13.0. The summed E-state index contributed by atoms with van der Waals surface area (Å²) in [5.41, 5.74) is 0.191. The minimum atomic E-state index is -1.20. The lowest BCUT2D eigenvalue weighted by Gasteiger charge is -2.22. The van der Waals surface area contributed by atoms with Gasteiger partial charge in [0.1, 0.15) is 56.9 Å². The Morgan fingerprint density at radius 3 is 1.52 bits per heavy atom. The second kappa shape index (κ2) is 28.7. The Hall–Kier alpha value is -9.30. The normalized spacial score (nSPS) is 11.2. The number of amides is 4. The Bertz CT molecular complexity index is 3130. The molecule has 0 aliphatic heterocycles. The molecule has 0 aliphatic carbocycles. The van der Waals surface area contributed by atoms with Gasteiger partial charge in [0.25, 0.3) is 5.56 Å². The molecular weight excluding hydrogens is 1030 g/mol. The van der Waals surface area contributed by atoms with Crippen molar-refractivity contribution in [1.82, 2.24) is 48.8 Å². The van der Waals surface area contributed by atoms with E-state index in [2.05, 4.69) is 40.5 Å². The number of carbonyl (C=O) groups is 8. The fourth-order valence-electron chi connectivity index (χ4n) is 7.26. The molecule has 6 aromatic rings. The van der Waals surface area contributed by atoms with Crippen molar-refractivity contribution in [3.05, 3.63) is 101 Å².